The standard InChI is InChI=1S/C19H23ClN2O2/c1-12(2)14-7-5-8-15(13(3)4)18(14)22-17(23)11-24-16-9-6-10-21-19(16)20/h5-10,12-13H,11H2,1-4H3,(H,22,23). The number of carbonyl (C=O) groups is 1. The summed E-state index contributed by atoms with van der Waals surface area (Å²) in [5.74, 6) is 0.806. The van der Waals surface area contributed by atoms with Crippen LogP contribution in [0.4, 0.5) is 5.69 Å². The summed E-state index contributed by atoms with van der Waals surface area (Å²) in [6, 6.07) is 9.52. The number of hydrogen-bond acceptors (Lipinski definition) is 3. The summed E-state index contributed by atoms with van der Waals surface area (Å²) in [7, 11) is 0. The minimum Gasteiger partial charge on any atom is -0.481 e. The third-order valence-electron chi connectivity index (χ3n) is 3.72. The van der Waals surface area contributed by atoms with Crippen molar-refractivity contribution in [2.75, 3.05) is 11.9 Å². The molecule has 0 unspecified atom stereocenters. The molecule has 0 aliphatic rings. The first-order valence-corrected chi connectivity index (χ1v) is 8.44. The van der Waals surface area contributed by atoms with Crippen molar-refractivity contribution >= 4 is 23.2 Å². The molecular formula is C19H23ClN2O2. The number of para-hydroxylation sites is 1. The molecule has 2 aromatic rings. The van der Waals surface area contributed by atoms with E-state index in [-0.39, 0.29) is 17.7 Å². The van der Waals surface area contributed by atoms with E-state index in [0.29, 0.717) is 17.6 Å². The van der Waals surface area contributed by atoms with Gasteiger partial charge in [0, 0.05) is 11.9 Å². The first-order valence-electron chi connectivity index (χ1n) is 8.06. The number of aromatic nitrogens is 1. The smallest absolute Gasteiger partial charge is 0.262 e. The molecule has 5 heteroatoms. The van der Waals surface area contributed by atoms with Gasteiger partial charge in [0.15, 0.2) is 17.5 Å². The lowest BCUT2D eigenvalue weighted by Crippen LogP contribution is -2.22. The number of ether oxygens (including phenoxy) is 1. The van der Waals surface area contributed by atoms with Crippen LogP contribution in [0.25, 0.3) is 0 Å². The van der Waals surface area contributed by atoms with Crippen molar-refractivity contribution in [1.82, 2.24) is 4.98 Å². The van der Waals surface area contributed by atoms with E-state index in [2.05, 4.69) is 38.0 Å². The molecule has 1 N–H and O–H groups in total. The summed E-state index contributed by atoms with van der Waals surface area (Å²) in [4.78, 5) is 16.3. The van der Waals surface area contributed by atoms with Crippen molar-refractivity contribution in [1.29, 1.82) is 0 Å². The van der Waals surface area contributed by atoms with Crippen LogP contribution in [0, 0.1) is 0 Å². The molecule has 1 aromatic carbocycles. The highest BCUT2D eigenvalue weighted by Crippen LogP contribution is 2.32. The molecule has 128 valence electrons. The van der Waals surface area contributed by atoms with Crippen LogP contribution >= 0.6 is 11.6 Å². The van der Waals surface area contributed by atoms with Crippen molar-refractivity contribution < 1.29 is 9.53 Å². The summed E-state index contributed by atoms with van der Waals surface area (Å²) >= 11 is 5.93. The Labute approximate surface area is 148 Å². The molecule has 0 bridgehead atoms. The highest BCUT2D eigenvalue weighted by atomic mass is 35.5. The van der Waals surface area contributed by atoms with Gasteiger partial charge in [-0.1, -0.05) is 57.5 Å². The topological polar surface area (TPSA) is 51.2 Å². The molecular weight excluding hydrogens is 324 g/mol. The van der Waals surface area contributed by atoms with Gasteiger partial charge in [-0.3, -0.25) is 4.79 Å². The molecule has 2 rings (SSSR count). The van der Waals surface area contributed by atoms with E-state index in [1.165, 1.54) is 0 Å². The highest BCUT2D eigenvalue weighted by molar-refractivity contribution is 6.30. The van der Waals surface area contributed by atoms with Gasteiger partial charge in [0.1, 0.15) is 0 Å². The van der Waals surface area contributed by atoms with Crippen LogP contribution in [-0.4, -0.2) is 17.5 Å². The van der Waals surface area contributed by atoms with Crippen molar-refractivity contribution in [3.8, 4) is 5.75 Å². The third-order valence-corrected chi connectivity index (χ3v) is 4.00. The highest BCUT2D eigenvalue weighted by Gasteiger charge is 2.16. The summed E-state index contributed by atoms with van der Waals surface area (Å²) in [5, 5.41) is 3.25. The van der Waals surface area contributed by atoms with Gasteiger partial charge in [-0.2, -0.15) is 0 Å². The van der Waals surface area contributed by atoms with E-state index in [4.69, 9.17) is 16.3 Å². The Morgan fingerprint density at radius 2 is 1.75 bits per heavy atom. The van der Waals surface area contributed by atoms with E-state index >= 15 is 0 Å². The van der Waals surface area contributed by atoms with Crippen LogP contribution < -0.4 is 10.1 Å². The number of rotatable bonds is 6. The van der Waals surface area contributed by atoms with Crippen LogP contribution in [-0.2, 0) is 4.79 Å². The van der Waals surface area contributed by atoms with Gasteiger partial charge < -0.3 is 10.1 Å². The van der Waals surface area contributed by atoms with Gasteiger partial charge in [0.05, 0.1) is 0 Å². The fourth-order valence-electron chi connectivity index (χ4n) is 2.49. The van der Waals surface area contributed by atoms with Crippen LogP contribution in [0.3, 0.4) is 0 Å². The first kappa shape index (κ1) is 18.3. The van der Waals surface area contributed by atoms with E-state index in [1.54, 1.807) is 18.3 Å². The fraction of sp³-hybridized carbons (Fsp3) is 0.368. The quantitative estimate of drug-likeness (QED) is 0.749. The maximum absolute atomic E-state index is 12.3. The zero-order valence-electron chi connectivity index (χ0n) is 14.5. The van der Waals surface area contributed by atoms with E-state index < -0.39 is 0 Å². The molecule has 1 amide bonds. The number of nitrogens with one attached hydrogen (secondary N) is 1. The average molecular weight is 347 g/mol. The Kier molecular flexibility index (Phi) is 6.21. The van der Waals surface area contributed by atoms with Gasteiger partial charge in [-0.25, -0.2) is 4.98 Å². The number of hydrogen-bond donors (Lipinski definition) is 1. The van der Waals surface area contributed by atoms with Crippen LogP contribution in [0.15, 0.2) is 36.5 Å². The molecule has 0 fully saturated rings. The largest absolute Gasteiger partial charge is 0.481 e. The summed E-state index contributed by atoms with van der Waals surface area (Å²) in [5.41, 5.74) is 3.12. The normalized spacial score (nSPS) is 11.0. The second kappa shape index (κ2) is 8.15. The van der Waals surface area contributed by atoms with Crippen LogP contribution in [0.5, 0.6) is 5.75 Å². The maximum atomic E-state index is 12.3. The van der Waals surface area contributed by atoms with Gasteiger partial charge in [0.2, 0.25) is 0 Å². The molecule has 0 aliphatic heterocycles. The molecule has 0 spiro atoms. The lowest BCUT2D eigenvalue weighted by Gasteiger charge is -2.20. The minimum absolute atomic E-state index is 0.116. The predicted molar refractivity (Wildman–Crippen MR) is 98.0 cm³/mol. The number of pyridine rings is 1. The first-order chi connectivity index (χ1) is 11.4. The lowest BCUT2D eigenvalue weighted by atomic mass is 9.92. The van der Waals surface area contributed by atoms with Gasteiger partial charge >= 0.3 is 0 Å². The summed E-state index contributed by atoms with van der Waals surface area (Å²) < 4.78 is 5.46. The Morgan fingerprint density at radius 3 is 2.29 bits per heavy atom. The van der Waals surface area contributed by atoms with E-state index in [9.17, 15) is 4.79 Å². The second-order valence-corrected chi connectivity index (χ2v) is 6.61. The number of halogens is 1. The molecule has 0 aliphatic carbocycles. The fourth-order valence-corrected chi connectivity index (χ4v) is 2.67. The van der Waals surface area contributed by atoms with E-state index in [0.717, 1.165) is 16.8 Å². The van der Waals surface area contributed by atoms with Gasteiger partial charge in [-0.15, -0.1) is 0 Å². The summed E-state index contributed by atoms with van der Waals surface area (Å²) in [6.45, 7) is 8.33. The molecule has 4 nitrogen and oxygen atoms in total. The Bertz CT molecular complexity index is 688. The van der Waals surface area contributed by atoms with Gasteiger partial charge in [0.25, 0.3) is 5.91 Å². The minimum atomic E-state index is -0.218. The number of amides is 1. The predicted octanol–water partition coefficient (Wildman–Crippen LogP) is 5.00. The number of benzene rings is 1. The average Bonchev–Trinajstić information content (AvgIpc) is 2.53. The summed E-state index contributed by atoms with van der Waals surface area (Å²) in [6.07, 6.45) is 1.57. The molecule has 0 saturated carbocycles. The van der Waals surface area contributed by atoms with Gasteiger partial charge in [-0.05, 0) is 35.1 Å². The van der Waals surface area contributed by atoms with E-state index in [1.807, 2.05) is 18.2 Å². The molecule has 1 aromatic heterocycles. The maximum Gasteiger partial charge on any atom is 0.262 e. The Balaban J connectivity index is 2.15. The SMILES string of the molecule is CC(C)c1cccc(C(C)C)c1NC(=O)COc1cccnc1Cl. The number of anilines is 1. The molecule has 24 heavy (non-hydrogen) atoms. The third kappa shape index (κ3) is 4.48. The van der Waals surface area contributed by atoms with Crippen molar-refractivity contribution in [3.63, 3.8) is 0 Å². The number of carbonyl (C=O) groups excluding carboxylic acids is 1. The van der Waals surface area contributed by atoms with Crippen LogP contribution in [0.1, 0.15) is 50.7 Å². The zero-order valence-corrected chi connectivity index (χ0v) is 15.2. The Hall–Kier alpha value is -2.07. The molecule has 0 radical (unpaired) electrons. The van der Waals surface area contributed by atoms with Crippen molar-refractivity contribution in [2.45, 2.75) is 39.5 Å². The van der Waals surface area contributed by atoms with Crippen LogP contribution in [0.2, 0.25) is 5.15 Å². The Morgan fingerprint density at radius 1 is 1.12 bits per heavy atom. The molecule has 0 saturated heterocycles. The lowest BCUT2D eigenvalue weighted by molar-refractivity contribution is -0.118. The second-order valence-electron chi connectivity index (χ2n) is 6.25. The monoisotopic (exact) mass is 346 g/mol. The van der Waals surface area contributed by atoms with Crippen molar-refractivity contribution in [3.05, 3.63) is 52.8 Å². The zero-order chi connectivity index (χ0) is 17.7. The molecule has 1 heterocycles. The number of nitrogens with zero attached hydrogens (tertiary/aromatic N) is 1. The molecule has 0 atom stereocenters. The van der Waals surface area contributed by atoms with Crippen molar-refractivity contribution in [2.24, 2.45) is 0 Å².